The number of nitrogens with zero attached hydrogens (tertiary/aromatic N) is 1. The van der Waals surface area contributed by atoms with Gasteiger partial charge in [-0.3, -0.25) is 0 Å². The molecule has 2 rings (SSSR count). The van der Waals surface area contributed by atoms with E-state index in [9.17, 15) is 8.78 Å². The fourth-order valence-electron chi connectivity index (χ4n) is 1.71. The molecule has 2 aromatic rings. The fraction of sp³-hybridized carbons (Fsp3) is 0.308. The van der Waals surface area contributed by atoms with Gasteiger partial charge in [-0.15, -0.1) is 0 Å². The first-order chi connectivity index (χ1) is 9.01. The number of nitrogens with one attached hydrogen (secondary N) is 2. The molecule has 1 atom stereocenters. The van der Waals surface area contributed by atoms with Gasteiger partial charge in [-0.25, -0.2) is 13.8 Å². The van der Waals surface area contributed by atoms with E-state index in [1.807, 2.05) is 19.9 Å². The molecule has 2 heterocycles. The van der Waals surface area contributed by atoms with Gasteiger partial charge in [0.15, 0.2) is 23.3 Å². The SMILES string of the molecule is CNc1nc(NC(C)c2ccc(C)o2)c(F)cc1F. The first-order valence-electron chi connectivity index (χ1n) is 5.88. The molecule has 6 heteroatoms. The van der Waals surface area contributed by atoms with Crippen LogP contribution < -0.4 is 10.6 Å². The van der Waals surface area contributed by atoms with Crippen molar-refractivity contribution in [2.24, 2.45) is 0 Å². The smallest absolute Gasteiger partial charge is 0.168 e. The Kier molecular flexibility index (Phi) is 3.69. The molecule has 0 saturated heterocycles. The van der Waals surface area contributed by atoms with Crippen molar-refractivity contribution in [1.29, 1.82) is 0 Å². The van der Waals surface area contributed by atoms with E-state index >= 15 is 0 Å². The third-order valence-corrected chi connectivity index (χ3v) is 2.71. The molecule has 0 aliphatic carbocycles. The van der Waals surface area contributed by atoms with Crippen molar-refractivity contribution >= 4 is 11.6 Å². The van der Waals surface area contributed by atoms with Gasteiger partial charge in [-0.05, 0) is 26.0 Å². The molecule has 2 N–H and O–H groups in total. The largest absolute Gasteiger partial charge is 0.464 e. The molecule has 0 amide bonds. The number of rotatable bonds is 4. The highest BCUT2D eigenvalue weighted by Gasteiger charge is 2.15. The van der Waals surface area contributed by atoms with Gasteiger partial charge in [0.1, 0.15) is 11.5 Å². The first-order valence-corrected chi connectivity index (χ1v) is 5.88. The van der Waals surface area contributed by atoms with Gasteiger partial charge in [0.2, 0.25) is 0 Å². The maximum atomic E-state index is 13.6. The number of furan rings is 1. The molecule has 0 aromatic carbocycles. The zero-order chi connectivity index (χ0) is 14.0. The van der Waals surface area contributed by atoms with Gasteiger partial charge in [0.25, 0.3) is 0 Å². The molecule has 19 heavy (non-hydrogen) atoms. The molecule has 0 spiro atoms. The molecule has 2 aromatic heterocycles. The maximum Gasteiger partial charge on any atom is 0.168 e. The van der Waals surface area contributed by atoms with E-state index < -0.39 is 11.6 Å². The lowest BCUT2D eigenvalue weighted by Crippen LogP contribution is -2.10. The van der Waals surface area contributed by atoms with E-state index in [2.05, 4.69) is 15.6 Å². The van der Waals surface area contributed by atoms with Crippen LogP contribution in [0, 0.1) is 18.6 Å². The van der Waals surface area contributed by atoms with Crippen LogP contribution in [0.25, 0.3) is 0 Å². The molecular formula is C13H15F2N3O. The van der Waals surface area contributed by atoms with Crippen molar-refractivity contribution in [3.63, 3.8) is 0 Å². The predicted molar refractivity (Wildman–Crippen MR) is 69.2 cm³/mol. The van der Waals surface area contributed by atoms with Gasteiger partial charge >= 0.3 is 0 Å². The van der Waals surface area contributed by atoms with Crippen molar-refractivity contribution in [3.8, 4) is 0 Å². The summed E-state index contributed by atoms with van der Waals surface area (Å²) in [5.41, 5.74) is 0. The highest BCUT2D eigenvalue weighted by Crippen LogP contribution is 2.24. The number of aryl methyl sites for hydroxylation is 1. The van der Waals surface area contributed by atoms with E-state index in [1.165, 1.54) is 7.05 Å². The molecule has 0 aliphatic heterocycles. The van der Waals surface area contributed by atoms with Crippen LogP contribution in [0.3, 0.4) is 0 Å². The monoisotopic (exact) mass is 267 g/mol. The number of halogens is 2. The minimum Gasteiger partial charge on any atom is -0.464 e. The second-order valence-corrected chi connectivity index (χ2v) is 4.21. The summed E-state index contributed by atoms with van der Waals surface area (Å²) in [4.78, 5) is 3.85. The van der Waals surface area contributed by atoms with E-state index in [1.54, 1.807) is 6.07 Å². The Balaban J connectivity index is 2.23. The third-order valence-electron chi connectivity index (χ3n) is 2.71. The molecule has 1 unspecified atom stereocenters. The Bertz CT molecular complexity index is 583. The van der Waals surface area contributed by atoms with Crippen LogP contribution in [-0.4, -0.2) is 12.0 Å². The van der Waals surface area contributed by atoms with Crippen molar-refractivity contribution in [3.05, 3.63) is 41.4 Å². The van der Waals surface area contributed by atoms with Crippen LogP contribution in [0.1, 0.15) is 24.5 Å². The average Bonchev–Trinajstić information content (AvgIpc) is 2.79. The van der Waals surface area contributed by atoms with Crippen LogP contribution in [-0.2, 0) is 0 Å². The molecule has 0 bridgehead atoms. The van der Waals surface area contributed by atoms with Gasteiger partial charge in [0.05, 0.1) is 6.04 Å². The fourth-order valence-corrected chi connectivity index (χ4v) is 1.71. The van der Waals surface area contributed by atoms with Crippen molar-refractivity contribution in [1.82, 2.24) is 4.98 Å². The van der Waals surface area contributed by atoms with Crippen LogP contribution in [0.5, 0.6) is 0 Å². The summed E-state index contributed by atoms with van der Waals surface area (Å²) in [6.07, 6.45) is 0. The second-order valence-electron chi connectivity index (χ2n) is 4.21. The number of pyridine rings is 1. The average molecular weight is 267 g/mol. The Morgan fingerprint density at radius 1 is 1.21 bits per heavy atom. The van der Waals surface area contributed by atoms with Gasteiger partial charge in [-0.1, -0.05) is 0 Å². The summed E-state index contributed by atoms with van der Waals surface area (Å²) in [5, 5.41) is 5.42. The summed E-state index contributed by atoms with van der Waals surface area (Å²) in [6, 6.07) is 4.14. The molecule has 0 saturated carbocycles. The van der Waals surface area contributed by atoms with E-state index in [0.29, 0.717) is 5.76 Å². The Labute approximate surface area is 109 Å². The van der Waals surface area contributed by atoms with Crippen LogP contribution in [0.2, 0.25) is 0 Å². The highest BCUT2D eigenvalue weighted by molar-refractivity contribution is 5.48. The van der Waals surface area contributed by atoms with E-state index in [0.717, 1.165) is 11.8 Å². The van der Waals surface area contributed by atoms with Crippen molar-refractivity contribution < 1.29 is 13.2 Å². The third kappa shape index (κ3) is 2.83. The lowest BCUT2D eigenvalue weighted by atomic mass is 10.2. The zero-order valence-corrected chi connectivity index (χ0v) is 10.9. The highest BCUT2D eigenvalue weighted by atomic mass is 19.1. The van der Waals surface area contributed by atoms with Gasteiger partial charge in [0, 0.05) is 13.1 Å². The van der Waals surface area contributed by atoms with Crippen LogP contribution in [0.4, 0.5) is 20.4 Å². The van der Waals surface area contributed by atoms with Crippen LogP contribution in [0.15, 0.2) is 22.6 Å². The maximum absolute atomic E-state index is 13.6. The summed E-state index contributed by atoms with van der Waals surface area (Å²) < 4.78 is 32.3. The lowest BCUT2D eigenvalue weighted by molar-refractivity contribution is 0.465. The number of hydrogen-bond donors (Lipinski definition) is 2. The van der Waals surface area contributed by atoms with Gasteiger partial charge < -0.3 is 15.1 Å². The molecule has 0 fully saturated rings. The second kappa shape index (κ2) is 5.26. The summed E-state index contributed by atoms with van der Waals surface area (Å²) >= 11 is 0. The van der Waals surface area contributed by atoms with E-state index in [4.69, 9.17) is 4.42 Å². The molecule has 0 radical (unpaired) electrons. The van der Waals surface area contributed by atoms with E-state index in [-0.39, 0.29) is 17.7 Å². The number of aromatic nitrogens is 1. The molecule has 102 valence electrons. The van der Waals surface area contributed by atoms with Crippen molar-refractivity contribution in [2.45, 2.75) is 19.9 Å². The minimum atomic E-state index is -0.744. The summed E-state index contributed by atoms with van der Waals surface area (Å²) in [5.74, 6) is -0.0705. The molecule has 4 nitrogen and oxygen atoms in total. The topological polar surface area (TPSA) is 50.1 Å². The Morgan fingerprint density at radius 3 is 2.47 bits per heavy atom. The zero-order valence-electron chi connectivity index (χ0n) is 10.9. The first kappa shape index (κ1) is 13.3. The van der Waals surface area contributed by atoms with Gasteiger partial charge in [-0.2, -0.15) is 0 Å². The normalized spacial score (nSPS) is 12.3. The summed E-state index contributed by atoms with van der Waals surface area (Å²) in [7, 11) is 1.52. The van der Waals surface area contributed by atoms with Crippen LogP contribution >= 0.6 is 0 Å². The lowest BCUT2D eigenvalue weighted by Gasteiger charge is -2.14. The molecular weight excluding hydrogens is 252 g/mol. The molecule has 0 aliphatic rings. The number of anilines is 2. The minimum absolute atomic E-state index is 0.00766. The standard InChI is InChI=1S/C13H15F2N3O/c1-7-4-5-11(19-7)8(2)17-13-10(15)6-9(14)12(16-3)18-13/h4-6,8H,1-3H3,(H2,16,17,18). The quantitative estimate of drug-likeness (QED) is 0.890. The Morgan fingerprint density at radius 2 is 1.89 bits per heavy atom. The summed E-state index contributed by atoms with van der Waals surface area (Å²) in [6.45, 7) is 3.63. The number of hydrogen-bond acceptors (Lipinski definition) is 4. The van der Waals surface area contributed by atoms with Crippen molar-refractivity contribution in [2.75, 3.05) is 17.7 Å². The Hall–Kier alpha value is -2.11. The predicted octanol–water partition coefficient (Wildman–Crippen LogP) is 3.48.